The predicted octanol–water partition coefficient (Wildman–Crippen LogP) is 5.28. The maximum Gasteiger partial charge on any atom is 0.145 e. The molecule has 0 saturated carbocycles. The van der Waals surface area contributed by atoms with Crippen LogP contribution in [0.15, 0.2) is 78.9 Å². The summed E-state index contributed by atoms with van der Waals surface area (Å²) in [6, 6.07) is 20.8. The van der Waals surface area contributed by atoms with E-state index >= 15 is 0 Å². The highest BCUT2D eigenvalue weighted by atomic mass is 16.5. The fraction of sp³-hybridized carbons (Fsp3) is 0.0455. The van der Waals surface area contributed by atoms with Crippen molar-refractivity contribution in [3.8, 4) is 17.1 Å². The number of ether oxygens (including phenoxy) is 1. The number of methoxy groups -OCH3 is 1. The van der Waals surface area contributed by atoms with Gasteiger partial charge in [-0.05, 0) is 47.9 Å². The lowest BCUT2D eigenvalue weighted by Gasteiger charge is -2.14. The molecule has 0 atom stereocenters. The van der Waals surface area contributed by atoms with Gasteiger partial charge in [0.2, 0.25) is 0 Å². The van der Waals surface area contributed by atoms with Crippen LogP contribution >= 0.6 is 0 Å². The number of imidazole rings is 1. The Labute approximate surface area is 145 Å². The number of aromatic nitrogens is 2. The molecular weight excluding hydrogens is 308 g/mol. The Morgan fingerprint density at radius 2 is 1.72 bits per heavy atom. The summed E-state index contributed by atoms with van der Waals surface area (Å²) in [5.74, 6) is 1.80. The van der Waals surface area contributed by atoms with Crippen LogP contribution < -0.4 is 4.74 Å². The summed E-state index contributed by atoms with van der Waals surface area (Å²) in [6.07, 6.45) is 6.28. The van der Waals surface area contributed by atoms with E-state index in [0.717, 1.165) is 33.9 Å². The van der Waals surface area contributed by atoms with Crippen LogP contribution in [0.1, 0.15) is 0 Å². The minimum absolute atomic E-state index is 0.847. The molecule has 0 spiro atoms. The molecule has 0 N–H and O–H groups in total. The minimum Gasteiger partial charge on any atom is -0.497 e. The van der Waals surface area contributed by atoms with Gasteiger partial charge in [-0.25, -0.2) is 4.98 Å². The first-order chi connectivity index (χ1) is 12.3. The fourth-order valence-electron chi connectivity index (χ4n) is 3.34. The van der Waals surface area contributed by atoms with Crippen molar-refractivity contribution >= 4 is 27.5 Å². The molecule has 3 aromatic carbocycles. The molecule has 4 aromatic rings. The fourth-order valence-corrected chi connectivity index (χ4v) is 3.34. The van der Waals surface area contributed by atoms with Gasteiger partial charge >= 0.3 is 0 Å². The molecule has 1 heterocycles. The van der Waals surface area contributed by atoms with Gasteiger partial charge in [-0.1, -0.05) is 36.4 Å². The summed E-state index contributed by atoms with van der Waals surface area (Å²) < 4.78 is 7.51. The summed E-state index contributed by atoms with van der Waals surface area (Å²) in [4.78, 5) is 5.02. The van der Waals surface area contributed by atoms with Crippen LogP contribution in [-0.4, -0.2) is 16.7 Å². The van der Waals surface area contributed by atoms with Crippen LogP contribution in [0.3, 0.4) is 0 Å². The second-order valence-electron chi connectivity index (χ2n) is 6.10. The van der Waals surface area contributed by atoms with Crippen molar-refractivity contribution in [1.29, 1.82) is 0 Å². The maximum atomic E-state index is 5.28. The maximum absolute atomic E-state index is 5.28. The van der Waals surface area contributed by atoms with Gasteiger partial charge in [0.05, 0.1) is 18.1 Å². The molecule has 5 rings (SSSR count). The quantitative estimate of drug-likeness (QED) is 0.513. The first-order valence-electron chi connectivity index (χ1n) is 8.28. The van der Waals surface area contributed by atoms with Gasteiger partial charge in [0.1, 0.15) is 11.6 Å². The first-order valence-corrected chi connectivity index (χ1v) is 8.28. The van der Waals surface area contributed by atoms with Gasteiger partial charge in [-0.15, -0.1) is 0 Å². The Kier molecular flexibility index (Phi) is 3.01. The molecule has 1 aliphatic carbocycles. The summed E-state index contributed by atoms with van der Waals surface area (Å²) in [7, 11) is 1.68. The SMILES string of the molecule is COc1ccc(-c2nc3c4ccccc4ccc3n2C2=CC=C2)cc1. The van der Waals surface area contributed by atoms with Gasteiger partial charge in [0.15, 0.2) is 0 Å². The van der Waals surface area contributed by atoms with Crippen molar-refractivity contribution in [2.45, 2.75) is 0 Å². The second kappa shape index (κ2) is 5.35. The highest BCUT2D eigenvalue weighted by Gasteiger charge is 2.17. The van der Waals surface area contributed by atoms with E-state index in [1.165, 1.54) is 10.8 Å². The highest BCUT2D eigenvalue weighted by Crippen LogP contribution is 2.34. The zero-order chi connectivity index (χ0) is 16.8. The van der Waals surface area contributed by atoms with Crippen LogP contribution in [0.4, 0.5) is 0 Å². The van der Waals surface area contributed by atoms with E-state index in [4.69, 9.17) is 9.72 Å². The molecule has 25 heavy (non-hydrogen) atoms. The molecule has 0 unspecified atom stereocenters. The van der Waals surface area contributed by atoms with Crippen LogP contribution in [0.5, 0.6) is 5.75 Å². The molecule has 0 saturated heterocycles. The number of nitrogens with zero attached hydrogens (tertiary/aromatic N) is 2. The van der Waals surface area contributed by atoms with Crippen molar-refractivity contribution in [2.75, 3.05) is 7.11 Å². The third-order valence-electron chi connectivity index (χ3n) is 4.69. The van der Waals surface area contributed by atoms with Crippen molar-refractivity contribution in [2.24, 2.45) is 0 Å². The normalized spacial score (nSPS) is 13.1. The average Bonchev–Trinajstić information content (AvgIpc) is 3.00. The Bertz CT molecular complexity index is 1160. The van der Waals surface area contributed by atoms with Crippen molar-refractivity contribution in [1.82, 2.24) is 9.55 Å². The monoisotopic (exact) mass is 324 g/mol. The number of rotatable bonds is 3. The van der Waals surface area contributed by atoms with Gasteiger partial charge in [0, 0.05) is 16.6 Å². The van der Waals surface area contributed by atoms with Crippen molar-refractivity contribution < 1.29 is 4.74 Å². The molecule has 3 nitrogen and oxygen atoms in total. The molecule has 1 aromatic heterocycles. The van der Waals surface area contributed by atoms with Crippen molar-refractivity contribution in [3.63, 3.8) is 0 Å². The molecule has 1 aliphatic rings. The number of allylic oxidation sites excluding steroid dienone is 4. The minimum atomic E-state index is 0.847. The van der Waals surface area contributed by atoms with E-state index < -0.39 is 0 Å². The van der Waals surface area contributed by atoms with Crippen LogP contribution in [0.2, 0.25) is 0 Å². The lowest BCUT2D eigenvalue weighted by molar-refractivity contribution is 0.415. The standard InChI is InChI=1S/C22H16N2O/c1-25-18-12-9-16(10-13-18)22-23-21-19-8-3-2-5-15(19)11-14-20(21)24(22)17-6-4-7-17/h2-14H,1H3. The van der Waals surface area contributed by atoms with E-state index in [1.807, 2.05) is 12.1 Å². The molecule has 0 fully saturated rings. The van der Waals surface area contributed by atoms with Crippen LogP contribution in [0.25, 0.3) is 38.9 Å². The smallest absolute Gasteiger partial charge is 0.145 e. The van der Waals surface area contributed by atoms with Crippen LogP contribution in [-0.2, 0) is 0 Å². The lowest BCUT2D eigenvalue weighted by atomic mass is 10.1. The number of hydrogen-bond donors (Lipinski definition) is 0. The number of hydrogen-bond acceptors (Lipinski definition) is 2. The summed E-state index contributed by atoms with van der Waals surface area (Å²) in [5, 5.41) is 2.39. The van der Waals surface area contributed by atoms with Gasteiger partial charge < -0.3 is 4.74 Å². The third kappa shape index (κ3) is 2.09. The lowest BCUT2D eigenvalue weighted by Crippen LogP contribution is -2.01. The van der Waals surface area contributed by atoms with E-state index in [9.17, 15) is 0 Å². The largest absolute Gasteiger partial charge is 0.497 e. The Morgan fingerprint density at radius 1 is 0.920 bits per heavy atom. The molecule has 3 heteroatoms. The first kappa shape index (κ1) is 14.1. The summed E-state index contributed by atoms with van der Waals surface area (Å²) >= 11 is 0. The van der Waals surface area contributed by atoms with E-state index in [0.29, 0.717) is 0 Å². The van der Waals surface area contributed by atoms with Crippen LogP contribution in [0, 0.1) is 0 Å². The molecule has 0 aliphatic heterocycles. The Balaban J connectivity index is 1.83. The average molecular weight is 324 g/mol. The number of benzene rings is 3. The Morgan fingerprint density at radius 3 is 2.44 bits per heavy atom. The molecule has 0 amide bonds. The van der Waals surface area contributed by atoms with E-state index in [1.54, 1.807) is 7.11 Å². The summed E-state index contributed by atoms with van der Waals surface area (Å²) in [6.45, 7) is 0. The Hall–Kier alpha value is -3.33. The summed E-state index contributed by atoms with van der Waals surface area (Å²) in [5.41, 5.74) is 4.39. The predicted molar refractivity (Wildman–Crippen MR) is 103 cm³/mol. The zero-order valence-electron chi connectivity index (χ0n) is 13.8. The third-order valence-corrected chi connectivity index (χ3v) is 4.69. The van der Waals surface area contributed by atoms with Crippen molar-refractivity contribution in [3.05, 3.63) is 78.9 Å². The molecule has 0 bridgehead atoms. The van der Waals surface area contributed by atoms with Gasteiger partial charge in [0.25, 0.3) is 0 Å². The van der Waals surface area contributed by atoms with Gasteiger partial charge in [-0.3, -0.25) is 4.57 Å². The molecule has 120 valence electrons. The van der Waals surface area contributed by atoms with Gasteiger partial charge in [-0.2, -0.15) is 0 Å². The topological polar surface area (TPSA) is 27.1 Å². The molecule has 0 radical (unpaired) electrons. The van der Waals surface area contributed by atoms with E-state index in [2.05, 4.69) is 71.3 Å². The zero-order valence-corrected chi connectivity index (χ0v) is 13.8. The second-order valence-corrected chi connectivity index (χ2v) is 6.10. The molecular formula is C22H16N2O. The highest BCUT2D eigenvalue weighted by molar-refractivity contribution is 6.06. The van der Waals surface area contributed by atoms with E-state index in [-0.39, 0.29) is 0 Å². The number of fused-ring (bicyclic) bond motifs is 3.